The molecule has 0 spiro atoms. The first-order chi connectivity index (χ1) is 9.54. The summed E-state index contributed by atoms with van der Waals surface area (Å²) in [6.45, 7) is 9.46. The second kappa shape index (κ2) is 8.28. The lowest BCUT2D eigenvalue weighted by Gasteiger charge is -2.25. The van der Waals surface area contributed by atoms with E-state index in [-0.39, 0.29) is 6.04 Å². The fourth-order valence-corrected chi connectivity index (χ4v) is 2.37. The zero-order valence-corrected chi connectivity index (χ0v) is 13.4. The molecule has 0 saturated heterocycles. The normalized spacial score (nSPS) is 14.3. The van der Waals surface area contributed by atoms with Gasteiger partial charge >= 0.3 is 0 Å². The Bertz CT molecular complexity index is 404. The zero-order chi connectivity index (χ0) is 15.1. The molecule has 1 aromatic carbocycles. The maximum atomic E-state index is 10.7. The maximum absolute atomic E-state index is 10.7. The van der Waals surface area contributed by atoms with Crippen LogP contribution in [0.1, 0.15) is 63.7 Å². The SMILES string of the molecule is CCCNC(CC)C(O)c1cc(C(C)C)ccc1OC. The van der Waals surface area contributed by atoms with E-state index in [0.29, 0.717) is 5.92 Å². The summed E-state index contributed by atoms with van der Waals surface area (Å²) in [5, 5.41) is 14.1. The van der Waals surface area contributed by atoms with Crippen LogP contribution in [0.15, 0.2) is 18.2 Å². The summed E-state index contributed by atoms with van der Waals surface area (Å²) in [5.41, 5.74) is 2.11. The molecule has 1 rings (SSSR count). The number of rotatable bonds is 8. The molecule has 0 aliphatic rings. The van der Waals surface area contributed by atoms with Crippen LogP contribution in [0.2, 0.25) is 0 Å². The Kier molecular flexibility index (Phi) is 7.03. The molecule has 0 bridgehead atoms. The van der Waals surface area contributed by atoms with Crippen LogP contribution in [0.25, 0.3) is 0 Å². The molecular weight excluding hydrogens is 250 g/mol. The predicted molar refractivity (Wildman–Crippen MR) is 84.4 cm³/mol. The molecular formula is C17H29NO2. The van der Waals surface area contributed by atoms with Crippen molar-refractivity contribution in [3.05, 3.63) is 29.3 Å². The van der Waals surface area contributed by atoms with Gasteiger partial charge in [-0.15, -0.1) is 0 Å². The summed E-state index contributed by atoms with van der Waals surface area (Å²) in [4.78, 5) is 0. The number of aliphatic hydroxyl groups is 1. The first-order valence-corrected chi connectivity index (χ1v) is 7.64. The van der Waals surface area contributed by atoms with Gasteiger partial charge in [-0.2, -0.15) is 0 Å². The summed E-state index contributed by atoms with van der Waals surface area (Å²) in [6, 6.07) is 6.16. The van der Waals surface area contributed by atoms with Crippen molar-refractivity contribution in [2.45, 2.75) is 58.6 Å². The lowest BCUT2D eigenvalue weighted by molar-refractivity contribution is 0.123. The number of hydrogen-bond acceptors (Lipinski definition) is 3. The molecule has 114 valence electrons. The maximum Gasteiger partial charge on any atom is 0.124 e. The summed E-state index contributed by atoms with van der Waals surface area (Å²) < 4.78 is 5.41. The van der Waals surface area contributed by atoms with E-state index < -0.39 is 6.10 Å². The van der Waals surface area contributed by atoms with Crippen LogP contribution in [0.4, 0.5) is 0 Å². The van der Waals surface area contributed by atoms with Crippen LogP contribution >= 0.6 is 0 Å². The van der Waals surface area contributed by atoms with Crippen LogP contribution in [0.3, 0.4) is 0 Å². The second-order valence-electron chi connectivity index (χ2n) is 5.57. The highest BCUT2D eigenvalue weighted by Gasteiger charge is 2.22. The molecule has 0 aliphatic heterocycles. The molecule has 0 heterocycles. The highest BCUT2D eigenvalue weighted by atomic mass is 16.5. The topological polar surface area (TPSA) is 41.5 Å². The summed E-state index contributed by atoms with van der Waals surface area (Å²) >= 11 is 0. The van der Waals surface area contributed by atoms with Crippen LogP contribution in [0.5, 0.6) is 5.75 Å². The lowest BCUT2D eigenvalue weighted by atomic mass is 9.94. The summed E-state index contributed by atoms with van der Waals surface area (Å²) in [6.07, 6.45) is 1.41. The minimum absolute atomic E-state index is 0.0614. The third-order valence-electron chi connectivity index (χ3n) is 3.72. The van der Waals surface area contributed by atoms with E-state index in [9.17, 15) is 5.11 Å². The molecule has 20 heavy (non-hydrogen) atoms. The Labute approximate surface area is 123 Å². The Morgan fingerprint density at radius 3 is 2.45 bits per heavy atom. The van der Waals surface area contributed by atoms with E-state index in [0.717, 1.165) is 30.7 Å². The number of nitrogens with one attached hydrogen (secondary N) is 1. The molecule has 3 nitrogen and oxygen atoms in total. The van der Waals surface area contributed by atoms with Crippen molar-refractivity contribution >= 4 is 0 Å². The van der Waals surface area contributed by atoms with Gasteiger partial charge < -0.3 is 15.2 Å². The third-order valence-corrected chi connectivity index (χ3v) is 3.72. The number of aliphatic hydroxyl groups excluding tert-OH is 1. The molecule has 3 heteroatoms. The van der Waals surface area contributed by atoms with Gasteiger partial charge in [-0.1, -0.05) is 33.8 Å². The van der Waals surface area contributed by atoms with E-state index in [1.165, 1.54) is 5.56 Å². The van der Waals surface area contributed by atoms with Crippen LogP contribution < -0.4 is 10.1 Å². The summed E-state index contributed by atoms with van der Waals surface area (Å²) in [7, 11) is 1.65. The molecule has 2 unspecified atom stereocenters. The molecule has 0 fully saturated rings. The van der Waals surface area contributed by atoms with Gasteiger partial charge in [0.1, 0.15) is 5.75 Å². The van der Waals surface area contributed by atoms with Crippen molar-refractivity contribution in [1.29, 1.82) is 0 Å². The van der Waals surface area contributed by atoms with E-state index in [2.05, 4.69) is 45.1 Å². The minimum atomic E-state index is -0.541. The first kappa shape index (κ1) is 17.0. The highest BCUT2D eigenvalue weighted by Crippen LogP contribution is 2.31. The van der Waals surface area contributed by atoms with Gasteiger partial charge in [-0.25, -0.2) is 0 Å². The van der Waals surface area contributed by atoms with Crippen molar-refractivity contribution in [2.75, 3.05) is 13.7 Å². The average Bonchev–Trinajstić information content (AvgIpc) is 2.46. The van der Waals surface area contributed by atoms with Crippen molar-refractivity contribution in [2.24, 2.45) is 0 Å². The van der Waals surface area contributed by atoms with Crippen molar-refractivity contribution in [3.63, 3.8) is 0 Å². The molecule has 0 amide bonds. The van der Waals surface area contributed by atoms with Crippen molar-refractivity contribution < 1.29 is 9.84 Å². The molecule has 0 aromatic heterocycles. The standard InChI is InChI=1S/C17H29NO2/c1-6-10-18-15(7-2)17(19)14-11-13(12(3)4)8-9-16(14)20-5/h8-9,11-12,15,17-19H,6-7,10H2,1-5H3. The quantitative estimate of drug-likeness (QED) is 0.763. The largest absolute Gasteiger partial charge is 0.496 e. The Morgan fingerprint density at radius 1 is 1.25 bits per heavy atom. The fourth-order valence-electron chi connectivity index (χ4n) is 2.37. The zero-order valence-electron chi connectivity index (χ0n) is 13.4. The third kappa shape index (κ3) is 4.22. The molecule has 2 atom stereocenters. The first-order valence-electron chi connectivity index (χ1n) is 7.64. The Morgan fingerprint density at radius 2 is 1.95 bits per heavy atom. The van der Waals surface area contributed by atoms with Gasteiger partial charge in [0.15, 0.2) is 0 Å². The smallest absolute Gasteiger partial charge is 0.124 e. The van der Waals surface area contributed by atoms with Gasteiger partial charge in [-0.05, 0) is 43.0 Å². The van der Waals surface area contributed by atoms with Crippen LogP contribution in [-0.4, -0.2) is 24.8 Å². The van der Waals surface area contributed by atoms with Crippen molar-refractivity contribution in [3.8, 4) is 5.75 Å². The van der Waals surface area contributed by atoms with Crippen LogP contribution in [0, 0.1) is 0 Å². The fraction of sp³-hybridized carbons (Fsp3) is 0.647. The monoisotopic (exact) mass is 279 g/mol. The molecule has 0 saturated carbocycles. The minimum Gasteiger partial charge on any atom is -0.496 e. The second-order valence-corrected chi connectivity index (χ2v) is 5.57. The van der Waals surface area contributed by atoms with Gasteiger partial charge in [0.05, 0.1) is 13.2 Å². The lowest BCUT2D eigenvalue weighted by Crippen LogP contribution is -2.35. The number of hydrogen-bond donors (Lipinski definition) is 2. The Hall–Kier alpha value is -1.06. The van der Waals surface area contributed by atoms with Crippen molar-refractivity contribution in [1.82, 2.24) is 5.32 Å². The molecule has 0 aliphatic carbocycles. The number of ether oxygens (including phenoxy) is 1. The van der Waals surface area contributed by atoms with E-state index in [4.69, 9.17) is 4.74 Å². The van der Waals surface area contributed by atoms with Gasteiger partial charge in [-0.3, -0.25) is 0 Å². The van der Waals surface area contributed by atoms with Gasteiger partial charge in [0, 0.05) is 11.6 Å². The van der Waals surface area contributed by atoms with Gasteiger partial charge in [0.25, 0.3) is 0 Å². The molecule has 1 aromatic rings. The van der Waals surface area contributed by atoms with Gasteiger partial charge in [0.2, 0.25) is 0 Å². The summed E-state index contributed by atoms with van der Waals surface area (Å²) in [5.74, 6) is 1.20. The number of methoxy groups -OCH3 is 1. The number of benzene rings is 1. The molecule has 0 radical (unpaired) electrons. The Balaban J connectivity index is 3.04. The highest BCUT2D eigenvalue weighted by molar-refractivity contribution is 5.40. The molecule has 2 N–H and O–H groups in total. The van der Waals surface area contributed by atoms with Crippen LogP contribution in [-0.2, 0) is 0 Å². The predicted octanol–water partition coefficient (Wildman–Crippen LogP) is 3.63. The van der Waals surface area contributed by atoms with E-state index >= 15 is 0 Å². The average molecular weight is 279 g/mol. The van der Waals surface area contributed by atoms with E-state index in [1.807, 2.05) is 6.07 Å². The van der Waals surface area contributed by atoms with E-state index in [1.54, 1.807) is 7.11 Å².